The van der Waals surface area contributed by atoms with E-state index in [9.17, 15) is 9.59 Å². The van der Waals surface area contributed by atoms with Crippen LogP contribution in [-0.4, -0.2) is 65.0 Å². The van der Waals surface area contributed by atoms with E-state index in [4.69, 9.17) is 15.2 Å². The number of nitrogens with zero attached hydrogens (tertiary/aromatic N) is 3. The fraction of sp³-hybridized carbons (Fsp3) is 0.500. The van der Waals surface area contributed by atoms with Crippen LogP contribution in [0.15, 0.2) is 36.4 Å². The zero-order valence-corrected chi connectivity index (χ0v) is 19.4. The molecule has 1 saturated carbocycles. The van der Waals surface area contributed by atoms with Crippen LogP contribution >= 0.6 is 0 Å². The van der Waals surface area contributed by atoms with Crippen LogP contribution in [-0.2, 0) is 29.1 Å². The van der Waals surface area contributed by atoms with E-state index in [-0.39, 0.29) is 18.1 Å². The summed E-state index contributed by atoms with van der Waals surface area (Å²) in [5.74, 6) is 0.00636. The second kappa shape index (κ2) is 10.1. The third-order valence-corrected chi connectivity index (χ3v) is 7.11. The van der Waals surface area contributed by atoms with Gasteiger partial charge in [0.2, 0.25) is 11.8 Å². The van der Waals surface area contributed by atoms with Crippen LogP contribution in [0.5, 0.6) is 5.88 Å². The highest BCUT2D eigenvalue weighted by Gasteiger charge is 2.33. The van der Waals surface area contributed by atoms with E-state index in [0.29, 0.717) is 37.6 Å². The van der Waals surface area contributed by atoms with Gasteiger partial charge in [0, 0.05) is 37.7 Å². The molecule has 8 nitrogen and oxygen atoms in total. The van der Waals surface area contributed by atoms with Gasteiger partial charge >= 0.3 is 0 Å². The molecule has 3 aliphatic rings. The van der Waals surface area contributed by atoms with E-state index in [1.54, 1.807) is 6.07 Å². The SMILES string of the molecule is NC(=O)c1cc2c(nc1O[C@H]1CC[C@H](N3CCN(Cc4ccccc4)CC3=O)CC1)CCOC2. The monoisotopic (exact) mass is 464 g/mol. The maximum Gasteiger partial charge on any atom is 0.254 e. The minimum Gasteiger partial charge on any atom is -0.474 e. The Kier molecular flexibility index (Phi) is 6.78. The zero-order valence-electron chi connectivity index (χ0n) is 19.4. The molecular weight excluding hydrogens is 432 g/mol. The molecule has 8 heteroatoms. The lowest BCUT2D eigenvalue weighted by molar-refractivity contribution is -0.140. The van der Waals surface area contributed by atoms with Gasteiger partial charge in [-0.3, -0.25) is 14.5 Å². The molecule has 34 heavy (non-hydrogen) atoms. The molecule has 0 spiro atoms. The molecule has 2 amide bonds. The number of carbonyl (C=O) groups excluding carboxylic acids is 2. The third-order valence-electron chi connectivity index (χ3n) is 7.11. The normalized spacial score (nSPS) is 23.4. The molecule has 0 unspecified atom stereocenters. The second-order valence-corrected chi connectivity index (χ2v) is 9.45. The number of rotatable bonds is 6. The predicted octanol–water partition coefficient (Wildman–Crippen LogP) is 2.29. The highest BCUT2D eigenvalue weighted by atomic mass is 16.5. The molecule has 2 aromatic rings. The van der Waals surface area contributed by atoms with Crippen molar-refractivity contribution in [3.05, 3.63) is 58.8 Å². The predicted molar refractivity (Wildman–Crippen MR) is 126 cm³/mol. The standard InChI is InChI=1S/C26H32N4O4/c27-25(32)22-14-19-17-33-13-10-23(19)28-26(22)34-21-8-6-20(7-9-21)30-12-11-29(16-24(30)31)15-18-4-2-1-3-5-18/h1-5,14,20-21H,6-13,15-17H2,(H2,27,32)/t20-,21-. The smallest absolute Gasteiger partial charge is 0.254 e. The van der Waals surface area contributed by atoms with Gasteiger partial charge in [0.05, 0.1) is 25.5 Å². The van der Waals surface area contributed by atoms with Gasteiger partial charge in [-0.1, -0.05) is 30.3 Å². The Hall–Kier alpha value is -2.97. The minimum absolute atomic E-state index is 0.0331. The summed E-state index contributed by atoms with van der Waals surface area (Å²) in [6.07, 6.45) is 4.09. The van der Waals surface area contributed by atoms with E-state index in [2.05, 4.69) is 26.9 Å². The van der Waals surface area contributed by atoms with Crippen LogP contribution in [0.3, 0.4) is 0 Å². The Labute approximate surface area is 200 Å². The Morgan fingerprint density at radius 1 is 1.15 bits per heavy atom. The average molecular weight is 465 g/mol. The maximum absolute atomic E-state index is 12.9. The van der Waals surface area contributed by atoms with E-state index in [1.807, 2.05) is 18.2 Å². The topological polar surface area (TPSA) is 98.0 Å². The number of ether oxygens (including phenoxy) is 2. The molecule has 3 heterocycles. The summed E-state index contributed by atoms with van der Waals surface area (Å²) >= 11 is 0. The highest BCUT2D eigenvalue weighted by molar-refractivity contribution is 5.95. The highest BCUT2D eigenvalue weighted by Crippen LogP contribution is 2.30. The van der Waals surface area contributed by atoms with Crippen molar-refractivity contribution in [1.29, 1.82) is 0 Å². The largest absolute Gasteiger partial charge is 0.474 e. The van der Waals surface area contributed by atoms with Crippen molar-refractivity contribution < 1.29 is 19.1 Å². The molecule has 0 radical (unpaired) electrons. The molecule has 1 aliphatic carbocycles. The number of pyridine rings is 1. The van der Waals surface area contributed by atoms with E-state index >= 15 is 0 Å². The van der Waals surface area contributed by atoms with Crippen LogP contribution < -0.4 is 10.5 Å². The summed E-state index contributed by atoms with van der Waals surface area (Å²) in [5, 5.41) is 0. The first-order valence-corrected chi connectivity index (χ1v) is 12.2. The van der Waals surface area contributed by atoms with Crippen LogP contribution in [0.2, 0.25) is 0 Å². The molecular formula is C26H32N4O4. The van der Waals surface area contributed by atoms with Crippen molar-refractivity contribution in [3.63, 3.8) is 0 Å². The Morgan fingerprint density at radius 2 is 1.94 bits per heavy atom. The molecule has 0 bridgehead atoms. The first-order valence-electron chi connectivity index (χ1n) is 12.2. The second-order valence-electron chi connectivity index (χ2n) is 9.45. The molecule has 2 aliphatic heterocycles. The van der Waals surface area contributed by atoms with Gasteiger partial charge in [-0.2, -0.15) is 0 Å². The van der Waals surface area contributed by atoms with Gasteiger partial charge in [0.15, 0.2) is 0 Å². The summed E-state index contributed by atoms with van der Waals surface area (Å²) < 4.78 is 11.7. The molecule has 180 valence electrons. The summed E-state index contributed by atoms with van der Waals surface area (Å²) in [5.41, 5.74) is 8.97. The average Bonchev–Trinajstić information content (AvgIpc) is 2.85. The van der Waals surface area contributed by atoms with E-state index in [0.717, 1.165) is 56.6 Å². The number of benzene rings is 1. The lowest BCUT2D eigenvalue weighted by Gasteiger charge is -2.41. The van der Waals surface area contributed by atoms with E-state index < -0.39 is 5.91 Å². The Morgan fingerprint density at radius 3 is 2.68 bits per heavy atom. The maximum atomic E-state index is 12.9. The molecule has 1 aromatic heterocycles. The molecule has 2 fully saturated rings. The van der Waals surface area contributed by atoms with Crippen molar-refractivity contribution in [2.75, 3.05) is 26.2 Å². The summed E-state index contributed by atoms with van der Waals surface area (Å²) in [7, 11) is 0. The molecule has 0 atom stereocenters. The van der Waals surface area contributed by atoms with Gasteiger partial charge in [-0.25, -0.2) is 4.98 Å². The Bertz CT molecular complexity index is 1040. The van der Waals surface area contributed by atoms with Gasteiger partial charge in [0.25, 0.3) is 5.91 Å². The number of hydrogen-bond donors (Lipinski definition) is 1. The molecule has 5 rings (SSSR count). The van der Waals surface area contributed by atoms with Gasteiger partial charge in [-0.05, 0) is 37.3 Å². The first kappa shape index (κ1) is 22.8. The zero-order chi connectivity index (χ0) is 23.5. The fourth-order valence-electron chi connectivity index (χ4n) is 5.26. The molecule has 2 N–H and O–H groups in total. The molecule has 1 aromatic carbocycles. The van der Waals surface area contributed by atoms with Crippen molar-refractivity contribution in [2.24, 2.45) is 5.73 Å². The van der Waals surface area contributed by atoms with Crippen LogP contribution in [0.25, 0.3) is 0 Å². The summed E-state index contributed by atoms with van der Waals surface area (Å²) in [6.45, 7) is 4.00. The van der Waals surface area contributed by atoms with E-state index in [1.165, 1.54) is 5.56 Å². The quantitative estimate of drug-likeness (QED) is 0.705. The minimum atomic E-state index is -0.538. The lowest BCUT2D eigenvalue weighted by atomic mass is 9.91. The van der Waals surface area contributed by atoms with Crippen LogP contribution in [0.1, 0.15) is 52.9 Å². The third kappa shape index (κ3) is 5.08. The lowest BCUT2D eigenvalue weighted by Crippen LogP contribution is -2.54. The number of fused-ring (bicyclic) bond motifs is 1. The van der Waals surface area contributed by atoms with Gasteiger partial charge < -0.3 is 20.1 Å². The summed E-state index contributed by atoms with van der Waals surface area (Å²) in [4.78, 5) is 33.8. The molecule has 1 saturated heterocycles. The van der Waals surface area contributed by atoms with Crippen molar-refractivity contribution >= 4 is 11.8 Å². The van der Waals surface area contributed by atoms with Crippen molar-refractivity contribution in [1.82, 2.24) is 14.8 Å². The van der Waals surface area contributed by atoms with Crippen LogP contribution in [0, 0.1) is 0 Å². The van der Waals surface area contributed by atoms with Crippen molar-refractivity contribution in [2.45, 2.75) is 57.4 Å². The first-order chi connectivity index (χ1) is 16.6. The summed E-state index contributed by atoms with van der Waals surface area (Å²) in [6, 6.07) is 12.3. The van der Waals surface area contributed by atoms with Gasteiger partial charge in [-0.15, -0.1) is 0 Å². The number of piperazine rings is 1. The Balaban J connectivity index is 1.16. The number of amides is 2. The number of aromatic nitrogens is 1. The number of carbonyl (C=O) groups is 2. The number of primary amides is 1. The number of nitrogens with two attached hydrogens (primary N) is 1. The fourth-order valence-corrected chi connectivity index (χ4v) is 5.26. The van der Waals surface area contributed by atoms with Crippen LogP contribution in [0.4, 0.5) is 0 Å². The van der Waals surface area contributed by atoms with Gasteiger partial charge in [0.1, 0.15) is 11.7 Å². The number of hydrogen-bond acceptors (Lipinski definition) is 6. The van der Waals surface area contributed by atoms with Crippen molar-refractivity contribution in [3.8, 4) is 5.88 Å².